The van der Waals surface area contributed by atoms with E-state index in [0.717, 1.165) is 25.3 Å². The zero-order chi connectivity index (χ0) is 9.10. The van der Waals surface area contributed by atoms with E-state index in [2.05, 4.69) is 16.0 Å². The van der Waals surface area contributed by atoms with Crippen LogP contribution in [0.2, 0.25) is 0 Å². The molecule has 2 rings (SSSR count). The summed E-state index contributed by atoms with van der Waals surface area (Å²) in [7, 11) is 1.76. The lowest BCUT2D eigenvalue weighted by Gasteiger charge is -2.16. The first-order chi connectivity index (χ1) is 6.40. The molecule has 0 unspecified atom stereocenters. The maximum atomic E-state index is 5.29. The van der Waals surface area contributed by atoms with Crippen molar-refractivity contribution in [2.24, 2.45) is 0 Å². The monoisotopic (exact) mass is 177 g/mol. The van der Waals surface area contributed by atoms with Crippen LogP contribution in [0.4, 0.5) is 5.82 Å². The Balaban J connectivity index is 2.04. The number of pyridine rings is 1. The van der Waals surface area contributed by atoms with Gasteiger partial charge in [-0.2, -0.15) is 0 Å². The van der Waals surface area contributed by atoms with Crippen LogP contribution < -0.4 is 4.90 Å². The number of methoxy groups -OCH3 is 1. The molecule has 13 heavy (non-hydrogen) atoms. The van der Waals surface area contributed by atoms with Crippen molar-refractivity contribution in [1.29, 1.82) is 0 Å². The number of ether oxygens (including phenoxy) is 1. The van der Waals surface area contributed by atoms with Gasteiger partial charge in [0.1, 0.15) is 5.82 Å². The van der Waals surface area contributed by atoms with Gasteiger partial charge in [-0.15, -0.1) is 0 Å². The van der Waals surface area contributed by atoms with Gasteiger partial charge in [-0.3, -0.25) is 0 Å². The lowest BCUT2D eigenvalue weighted by atomic mass is 10.3. The van der Waals surface area contributed by atoms with E-state index in [0.29, 0.717) is 6.10 Å². The molecule has 0 aromatic carbocycles. The Morgan fingerprint density at radius 1 is 1.69 bits per heavy atom. The molecule has 0 saturated carbocycles. The Hall–Kier alpha value is -1.09. The molecule has 1 aliphatic rings. The van der Waals surface area contributed by atoms with Crippen LogP contribution in [-0.4, -0.2) is 31.3 Å². The molecule has 0 spiro atoms. The van der Waals surface area contributed by atoms with Gasteiger partial charge in [0.2, 0.25) is 0 Å². The molecule has 0 amide bonds. The first kappa shape index (κ1) is 8.51. The third kappa shape index (κ3) is 1.80. The minimum atomic E-state index is 0.367. The van der Waals surface area contributed by atoms with E-state index in [1.54, 1.807) is 13.3 Å². The minimum Gasteiger partial charge on any atom is -0.380 e. The molecule has 69 valence electrons. The topological polar surface area (TPSA) is 25.4 Å². The Kier molecular flexibility index (Phi) is 2.45. The second-order valence-corrected chi connectivity index (χ2v) is 3.21. The van der Waals surface area contributed by atoms with Crippen LogP contribution in [0.25, 0.3) is 0 Å². The highest BCUT2D eigenvalue weighted by molar-refractivity contribution is 5.38. The molecule has 1 fully saturated rings. The van der Waals surface area contributed by atoms with Crippen molar-refractivity contribution in [3.63, 3.8) is 0 Å². The van der Waals surface area contributed by atoms with Gasteiger partial charge < -0.3 is 9.64 Å². The van der Waals surface area contributed by atoms with Gasteiger partial charge in [-0.05, 0) is 18.6 Å². The number of rotatable bonds is 2. The average molecular weight is 177 g/mol. The van der Waals surface area contributed by atoms with Crippen molar-refractivity contribution < 1.29 is 4.74 Å². The fraction of sp³-hybridized carbons (Fsp3) is 0.500. The zero-order valence-corrected chi connectivity index (χ0v) is 7.73. The van der Waals surface area contributed by atoms with Gasteiger partial charge in [0.15, 0.2) is 0 Å². The summed E-state index contributed by atoms with van der Waals surface area (Å²) in [6.07, 6.45) is 3.16. The Morgan fingerprint density at radius 3 is 3.23 bits per heavy atom. The highest BCUT2D eigenvalue weighted by atomic mass is 16.5. The molecule has 2 heterocycles. The molecule has 1 atom stereocenters. The summed E-state index contributed by atoms with van der Waals surface area (Å²) >= 11 is 0. The normalized spacial score (nSPS) is 22.2. The van der Waals surface area contributed by atoms with E-state index in [4.69, 9.17) is 4.74 Å². The maximum absolute atomic E-state index is 5.29. The molecule has 1 aromatic heterocycles. The highest BCUT2D eigenvalue weighted by Crippen LogP contribution is 2.18. The van der Waals surface area contributed by atoms with E-state index < -0.39 is 0 Å². The Bertz CT molecular complexity index is 263. The lowest BCUT2D eigenvalue weighted by Crippen LogP contribution is -2.22. The summed E-state index contributed by atoms with van der Waals surface area (Å²) in [6, 6.07) is 6.79. The quantitative estimate of drug-likeness (QED) is 0.676. The fourth-order valence-electron chi connectivity index (χ4n) is 1.63. The van der Waals surface area contributed by atoms with Crippen molar-refractivity contribution in [2.75, 3.05) is 25.1 Å². The highest BCUT2D eigenvalue weighted by Gasteiger charge is 2.22. The van der Waals surface area contributed by atoms with E-state index >= 15 is 0 Å². The van der Waals surface area contributed by atoms with Crippen LogP contribution in [0.15, 0.2) is 18.3 Å². The number of anilines is 1. The Labute approximate surface area is 78.3 Å². The van der Waals surface area contributed by atoms with Crippen LogP contribution in [0.5, 0.6) is 0 Å². The molecule has 1 radical (unpaired) electrons. The molecule has 0 aliphatic carbocycles. The van der Waals surface area contributed by atoms with Gasteiger partial charge in [-0.25, -0.2) is 4.98 Å². The summed E-state index contributed by atoms with van der Waals surface area (Å²) in [5.41, 5.74) is 0. The van der Waals surface area contributed by atoms with Crippen LogP contribution in [-0.2, 0) is 4.74 Å². The predicted octanol–water partition coefficient (Wildman–Crippen LogP) is 1.11. The third-order valence-corrected chi connectivity index (χ3v) is 2.40. The van der Waals surface area contributed by atoms with Gasteiger partial charge >= 0.3 is 0 Å². The second kappa shape index (κ2) is 3.75. The largest absolute Gasteiger partial charge is 0.380 e. The van der Waals surface area contributed by atoms with Crippen molar-refractivity contribution >= 4 is 5.82 Å². The molecule has 3 nitrogen and oxygen atoms in total. The molecule has 0 bridgehead atoms. The van der Waals surface area contributed by atoms with E-state index in [1.165, 1.54) is 0 Å². The standard InChI is InChI=1S/C10H13N2O/c1-13-9-5-7-12(8-9)10-4-2-3-6-11-10/h2,4,6,9H,5,7-8H2,1H3/t9-/m0/s1. The van der Waals surface area contributed by atoms with E-state index in [9.17, 15) is 0 Å². The summed E-state index contributed by atoms with van der Waals surface area (Å²) in [4.78, 5) is 6.48. The van der Waals surface area contributed by atoms with Gasteiger partial charge in [-0.1, -0.05) is 0 Å². The third-order valence-electron chi connectivity index (χ3n) is 2.40. The SMILES string of the molecule is CO[C@H]1CCN(c2cc[c]cn2)C1. The molecule has 3 heteroatoms. The van der Waals surface area contributed by atoms with Crippen molar-refractivity contribution in [2.45, 2.75) is 12.5 Å². The summed E-state index contributed by atoms with van der Waals surface area (Å²) < 4.78 is 5.29. The van der Waals surface area contributed by atoms with Crippen LogP contribution in [0, 0.1) is 6.07 Å². The molecular weight excluding hydrogens is 164 g/mol. The van der Waals surface area contributed by atoms with Crippen LogP contribution in [0.3, 0.4) is 0 Å². The molecule has 1 saturated heterocycles. The molecule has 0 N–H and O–H groups in total. The molecule has 1 aliphatic heterocycles. The van der Waals surface area contributed by atoms with Crippen LogP contribution in [0.1, 0.15) is 6.42 Å². The van der Waals surface area contributed by atoms with Crippen molar-refractivity contribution in [3.8, 4) is 0 Å². The summed E-state index contributed by atoms with van der Waals surface area (Å²) in [5.74, 6) is 1.03. The first-order valence-corrected chi connectivity index (χ1v) is 4.50. The number of hydrogen-bond donors (Lipinski definition) is 0. The molecule has 1 aromatic rings. The first-order valence-electron chi connectivity index (χ1n) is 4.50. The van der Waals surface area contributed by atoms with Gasteiger partial charge in [0.05, 0.1) is 6.10 Å². The second-order valence-electron chi connectivity index (χ2n) is 3.21. The number of aromatic nitrogens is 1. The van der Waals surface area contributed by atoms with Gasteiger partial charge in [0, 0.05) is 32.5 Å². The minimum absolute atomic E-state index is 0.367. The van der Waals surface area contributed by atoms with E-state index in [1.807, 2.05) is 12.1 Å². The fourth-order valence-corrected chi connectivity index (χ4v) is 1.63. The molecular formula is C10H13N2O. The van der Waals surface area contributed by atoms with Crippen molar-refractivity contribution in [1.82, 2.24) is 4.98 Å². The Morgan fingerprint density at radius 2 is 2.62 bits per heavy atom. The lowest BCUT2D eigenvalue weighted by molar-refractivity contribution is 0.121. The predicted molar refractivity (Wildman–Crippen MR) is 50.7 cm³/mol. The zero-order valence-electron chi connectivity index (χ0n) is 7.73. The smallest absolute Gasteiger partial charge is 0.128 e. The van der Waals surface area contributed by atoms with Gasteiger partial charge in [0.25, 0.3) is 0 Å². The summed E-state index contributed by atoms with van der Waals surface area (Å²) in [5, 5.41) is 0. The maximum Gasteiger partial charge on any atom is 0.128 e. The van der Waals surface area contributed by atoms with E-state index in [-0.39, 0.29) is 0 Å². The van der Waals surface area contributed by atoms with Crippen LogP contribution >= 0.6 is 0 Å². The number of hydrogen-bond acceptors (Lipinski definition) is 3. The van der Waals surface area contributed by atoms with Crippen molar-refractivity contribution in [3.05, 3.63) is 24.4 Å². The average Bonchev–Trinajstić information content (AvgIpc) is 2.67. The summed E-state index contributed by atoms with van der Waals surface area (Å²) in [6.45, 7) is 1.99. The number of nitrogens with zero attached hydrogens (tertiary/aromatic N) is 2.